The van der Waals surface area contributed by atoms with Crippen molar-refractivity contribution in [2.45, 2.75) is 107 Å². The van der Waals surface area contributed by atoms with Crippen LogP contribution in [0.25, 0.3) is 0 Å². The van der Waals surface area contributed by atoms with Crippen molar-refractivity contribution in [2.75, 3.05) is 45.4 Å². The number of rotatable bonds is 29. The highest BCUT2D eigenvalue weighted by atomic mass is 32.2. The Morgan fingerprint density at radius 3 is 2.14 bits per heavy atom. The third-order valence-electron chi connectivity index (χ3n) is 8.98. The first-order chi connectivity index (χ1) is 26.4. The van der Waals surface area contributed by atoms with Crippen LogP contribution in [-0.4, -0.2) is 171 Å². The lowest BCUT2D eigenvalue weighted by molar-refractivity contribution is -0.150. The Balaban J connectivity index is 2.58. The zero-order valence-corrected chi connectivity index (χ0v) is 33.9. The zero-order valence-electron chi connectivity index (χ0n) is 32.2. The van der Waals surface area contributed by atoms with Crippen LogP contribution in [-0.2, 0) is 47.9 Å². The number of carboxylic acid groups (broad SMARTS) is 3. The fourth-order valence-electron chi connectivity index (χ4n) is 5.60. The quantitative estimate of drug-likeness (QED) is 0.0250. The Kier molecular flexibility index (Phi) is 22.7. The van der Waals surface area contributed by atoms with Crippen molar-refractivity contribution in [3.8, 4) is 0 Å². The van der Waals surface area contributed by atoms with Crippen molar-refractivity contribution in [1.82, 2.24) is 30.7 Å². The van der Waals surface area contributed by atoms with Gasteiger partial charge in [0.25, 0.3) is 6.47 Å². The number of ether oxygens (including phenoxy) is 1. The van der Waals surface area contributed by atoms with Gasteiger partial charge in [-0.05, 0) is 39.5 Å². The predicted octanol–water partition coefficient (Wildman–Crippen LogP) is -0.0273. The highest BCUT2D eigenvalue weighted by Gasteiger charge is 2.39. The molecule has 0 radical (unpaired) electrons. The van der Waals surface area contributed by atoms with Gasteiger partial charge in [0.1, 0.15) is 17.9 Å². The standard InChI is InChI=1S/C34H54N6O14S2/c1-20(17-55-5)38(3)31(49)24(15-29(46)47)39(4)30(48)22(35-2)11-10-21(42)9-7-6-8-14-40-27(43)16-25(32(40)50)56-18-23(33(51)52)36-34(53)37-26(54-19-41)12-13-28(44)45/h19-20,22-26,35H,6-18H2,1-5H3,(H,44,45)(H,46,47)(H,51,52)(H2,36,37,53)/t20-,22+,23+,24+,25?,26-/m1/s1. The first kappa shape index (κ1) is 49.6. The van der Waals surface area contributed by atoms with Crippen LogP contribution in [0.1, 0.15) is 71.1 Å². The van der Waals surface area contributed by atoms with Gasteiger partial charge < -0.3 is 45.8 Å². The summed E-state index contributed by atoms with van der Waals surface area (Å²) < 4.78 is 4.61. The summed E-state index contributed by atoms with van der Waals surface area (Å²) in [6.45, 7) is 1.92. The summed E-state index contributed by atoms with van der Waals surface area (Å²) in [5, 5.41) is 34.1. The van der Waals surface area contributed by atoms with Gasteiger partial charge in [-0.15, -0.1) is 11.8 Å². The number of hydrogen-bond acceptors (Lipinski definition) is 14. The molecule has 1 fully saturated rings. The predicted molar refractivity (Wildman–Crippen MR) is 203 cm³/mol. The van der Waals surface area contributed by atoms with E-state index >= 15 is 0 Å². The minimum absolute atomic E-state index is 0.00228. The molecule has 0 spiro atoms. The Hall–Kier alpha value is -4.44. The molecule has 316 valence electrons. The summed E-state index contributed by atoms with van der Waals surface area (Å²) in [7, 11) is 4.46. The number of aliphatic carboxylic acids is 3. The second-order valence-electron chi connectivity index (χ2n) is 13.1. The summed E-state index contributed by atoms with van der Waals surface area (Å²) in [6, 6.07) is -4.82. The maximum absolute atomic E-state index is 13.3. The fraction of sp³-hybridized carbons (Fsp3) is 0.706. The summed E-state index contributed by atoms with van der Waals surface area (Å²) in [6.07, 6.45) is 0.789. The second kappa shape index (κ2) is 25.7. The molecule has 1 heterocycles. The molecule has 6 atom stereocenters. The monoisotopic (exact) mass is 834 g/mol. The average Bonchev–Trinajstić information content (AvgIpc) is 3.41. The van der Waals surface area contributed by atoms with Gasteiger partial charge in [-0.3, -0.25) is 43.3 Å². The number of carbonyl (C=O) groups is 10. The minimum atomic E-state index is -1.50. The number of ketones is 1. The van der Waals surface area contributed by atoms with Gasteiger partial charge in [0.15, 0.2) is 6.23 Å². The average molecular weight is 835 g/mol. The van der Waals surface area contributed by atoms with Gasteiger partial charge in [0.05, 0.1) is 24.1 Å². The SMILES string of the molecule is CN[C@@H](CCC(=O)CCCCCN1C(=O)CC(SC[C@H](NC(=O)N[C@@H](CCC(=O)O)OC=O)C(=O)O)C1=O)C(=O)N(C)[C@@H](CC(=O)O)C(=O)N(C)[C@H](C)CSC. The number of imide groups is 1. The maximum Gasteiger partial charge on any atom is 0.327 e. The number of thioether (sulfide) groups is 2. The summed E-state index contributed by atoms with van der Waals surface area (Å²) in [4.78, 5) is 125. The van der Waals surface area contributed by atoms with Crippen LogP contribution in [0.3, 0.4) is 0 Å². The van der Waals surface area contributed by atoms with E-state index in [-0.39, 0.29) is 62.7 Å². The molecule has 1 aliphatic rings. The largest absolute Gasteiger partial charge is 0.481 e. The summed E-state index contributed by atoms with van der Waals surface area (Å²) >= 11 is 2.40. The lowest BCUT2D eigenvalue weighted by atomic mass is 10.0. The normalized spacial score (nSPS) is 16.5. The Labute approximate surface area is 333 Å². The maximum atomic E-state index is 13.3. The first-order valence-electron chi connectivity index (χ1n) is 17.9. The number of unbranched alkanes of at least 4 members (excludes halogenated alkanes) is 2. The van der Waals surface area contributed by atoms with Crippen molar-refractivity contribution >= 4 is 83.3 Å². The topological polar surface area (TPSA) is 286 Å². The second-order valence-corrected chi connectivity index (χ2v) is 15.3. The number of likely N-dealkylation sites (tertiary alicyclic amines) is 1. The van der Waals surface area contributed by atoms with Gasteiger partial charge in [-0.25, -0.2) is 9.59 Å². The van der Waals surface area contributed by atoms with Crippen LogP contribution in [0.4, 0.5) is 4.79 Å². The molecule has 0 aromatic heterocycles. The molecule has 1 aliphatic heterocycles. The molecule has 1 unspecified atom stereocenters. The van der Waals surface area contributed by atoms with Gasteiger partial charge in [0, 0.05) is 63.9 Å². The van der Waals surface area contributed by atoms with Gasteiger partial charge in [0.2, 0.25) is 23.6 Å². The van der Waals surface area contributed by atoms with E-state index < -0.39 is 90.0 Å². The fourth-order valence-corrected chi connectivity index (χ4v) is 7.48. The van der Waals surface area contributed by atoms with Crippen molar-refractivity contribution < 1.29 is 68.0 Å². The molecule has 0 aromatic carbocycles. The van der Waals surface area contributed by atoms with Crippen molar-refractivity contribution in [1.29, 1.82) is 0 Å². The van der Waals surface area contributed by atoms with E-state index in [0.717, 1.165) is 21.6 Å². The smallest absolute Gasteiger partial charge is 0.327 e. The number of Topliss-reactive ketones (excluding diaryl/α,β-unsaturated/α-hetero) is 1. The van der Waals surface area contributed by atoms with E-state index in [2.05, 4.69) is 20.7 Å². The molecule has 0 aliphatic carbocycles. The van der Waals surface area contributed by atoms with Crippen LogP contribution >= 0.6 is 23.5 Å². The molecule has 1 rings (SSSR count). The van der Waals surface area contributed by atoms with Crippen molar-refractivity contribution in [3.05, 3.63) is 0 Å². The number of nitrogens with zero attached hydrogens (tertiary/aromatic N) is 3. The molecule has 1 saturated heterocycles. The van der Waals surface area contributed by atoms with Crippen LogP contribution in [0.5, 0.6) is 0 Å². The molecular weight excluding hydrogens is 781 g/mol. The van der Waals surface area contributed by atoms with Crippen LogP contribution in [0.15, 0.2) is 0 Å². The number of urea groups is 1. The third kappa shape index (κ3) is 17.1. The number of carboxylic acids is 3. The Morgan fingerprint density at radius 2 is 1.57 bits per heavy atom. The number of nitrogens with one attached hydrogen (secondary N) is 3. The van der Waals surface area contributed by atoms with E-state index in [1.54, 1.807) is 7.05 Å². The first-order valence-corrected chi connectivity index (χ1v) is 20.3. The van der Waals surface area contributed by atoms with Gasteiger partial charge in [-0.2, -0.15) is 11.8 Å². The van der Waals surface area contributed by atoms with Crippen molar-refractivity contribution in [3.63, 3.8) is 0 Å². The number of carbonyl (C=O) groups excluding carboxylic acids is 7. The lowest BCUT2D eigenvalue weighted by Gasteiger charge is -2.34. The zero-order chi connectivity index (χ0) is 42.5. The van der Waals surface area contributed by atoms with Gasteiger partial charge in [-0.1, -0.05) is 6.42 Å². The molecule has 0 saturated carbocycles. The number of hydrogen-bond donors (Lipinski definition) is 6. The number of amides is 6. The molecule has 6 N–H and O–H groups in total. The molecule has 22 heteroatoms. The molecule has 56 heavy (non-hydrogen) atoms. The summed E-state index contributed by atoms with van der Waals surface area (Å²) in [5.74, 6) is -5.66. The van der Waals surface area contributed by atoms with E-state index in [1.165, 1.54) is 30.8 Å². The van der Waals surface area contributed by atoms with Crippen LogP contribution < -0.4 is 16.0 Å². The van der Waals surface area contributed by atoms with Gasteiger partial charge >= 0.3 is 23.9 Å². The van der Waals surface area contributed by atoms with Crippen LogP contribution in [0, 0.1) is 0 Å². The minimum Gasteiger partial charge on any atom is -0.481 e. The van der Waals surface area contributed by atoms with Crippen LogP contribution in [0.2, 0.25) is 0 Å². The highest BCUT2D eigenvalue weighted by molar-refractivity contribution is 8.00. The van der Waals surface area contributed by atoms with E-state index in [1.807, 2.05) is 13.2 Å². The van der Waals surface area contributed by atoms with E-state index in [0.29, 0.717) is 25.0 Å². The van der Waals surface area contributed by atoms with E-state index in [9.17, 15) is 58.2 Å². The lowest BCUT2D eigenvalue weighted by Crippen LogP contribution is -2.55. The Bertz CT molecular complexity index is 1420. The molecule has 0 aromatic rings. The molecule has 20 nitrogen and oxygen atoms in total. The third-order valence-corrected chi connectivity index (χ3v) is 11.1. The summed E-state index contributed by atoms with van der Waals surface area (Å²) in [5.41, 5.74) is 0. The van der Waals surface area contributed by atoms with Crippen molar-refractivity contribution in [2.24, 2.45) is 0 Å². The molecule has 0 bridgehead atoms. The van der Waals surface area contributed by atoms with E-state index in [4.69, 9.17) is 5.11 Å². The highest BCUT2D eigenvalue weighted by Crippen LogP contribution is 2.26. The molecular formula is C34H54N6O14S2. The number of likely N-dealkylation sites (N-methyl/N-ethyl adjacent to an activating group) is 3. The molecule has 6 amide bonds. The Morgan fingerprint density at radius 1 is 0.893 bits per heavy atom.